The van der Waals surface area contributed by atoms with Gasteiger partial charge in [-0.05, 0) is 107 Å². The van der Waals surface area contributed by atoms with Gasteiger partial charge in [0.05, 0.1) is 6.10 Å². The van der Waals surface area contributed by atoms with E-state index in [2.05, 4.69) is 0 Å². The zero-order valence-electron chi connectivity index (χ0n) is 20.1. The maximum absolute atomic E-state index is 11.7. The molecule has 3 atom stereocenters. The predicted octanol–water partition coefficient (Wildman–Crippen LogP) is 3.90. The van der Waals surface area contributed by atoms with Crippen LogP contribution in [-0.2, 0) is 28.5 Å². The van der Waals surface area contributed by atoms with Gasteiger partial charge in [-0.25, -0.2) is 14.3 Å². The lowest BCUT2D eigenvalue weighted by molar-refractivity contribution is -0.598. The van der Waals surface area contributed by atoms with Gasteiger partial charge in [0.2, 0.25) is 0 Å². The molecule has 11 heteroatoms. The topological polar surface area (TPSA) is 160 Å². The summed E-state index contributed by atoms with van der Waals surface area (Å²) in [6, 6.07) is 0. The zero-order valence-corrected chi connectivity index (χ0v) is 21.0. The van der Waals surface area contributed by atoms with Gasteiger partial charge in [0.1, 0.15) is 11.2 Å². The molecule has 198 valence electrons. The molecule has 35 heavy (non-hydrogen) atoms. The predicted molar refractivity (Wildman–Crippen MR) is 121 cm³/mol. The Labute approximate surface area is 204 Å². The smallest absolute Gasteiger partial charge is 0.469 e. The van der Waals surface area contributed by atoms with Crippen LogP contribution in [0.2, 0.25) is 0 Å². The van der Waals surface area contributed by atoms with Crippen LogP contribution in [-0.4, -0.2) is 49.2 Å². The molecule has 6 fully saturated rings. The minimum atomic E-state index is -4.63. The number of carboxylic acid groups (broad SMARTS) is 2. The third kappa shape index (κ3) is 4.09. The van der Waals surface area contributed by atoms with Crippen LogP contribution in [0, 0.1) is 35.0 Å². The molecule has 0 radical (unpaired) electrons. The summed E-state index contributed by atoms with van der Waals surface area (Å²) < 4.78 is 16.7. The Bertz CT molecular complexity index is 872. The first-order chi connectivity index (χ1) is 16.4. The zero-order chi connectivity index (χ0) is 25.2. The van der Waals surface area contributed by atoms with Crippen LogP contribution in [0.3, 0.4) is 0 Å². The normalized spacial score (nSPS) is 42.7. The van der Waals surface area contributed by atoms with E-state index in [1.54, 1.807) is 0 Å². The van der Waals surface area contributed by atoms with Crippen LogP contribution >= 0.6 is 7.82 Å². The van der Waals surface area contributed by atoms with Crippen LogP contribution in [0.1, 0.15) is 84.0 Å². The van der Waals surface area contributed by atoms with Gasteiger partial charge in [0, 0.05) is 0 Å². The molecule has 1 saturated heterocycles. The first kappa shape index (κ1) is 25.6. The Kier molecular flexibility index (Phi) is 6.42. The third-order valence-electron chi connectivity index (χ3n) is 10.1. The number of hydrogen-bond acceptors (Lipinski definition) is 6. The molecule has 0 amide bonds. The molecule has 4 bridgehead atoms. The molecule has 1 heterocycles. The minimum absolute atomic E-state index is 0.0332. The largest absolute Gasteiger partial charge is 0.480 e. The van der Waals surface area contributed by atoms with E-state index in [-0.39, 0.29) is 12.3 Å². The summed E-state index contributed by atoms with van der Waals surface area (Å²) in [6.07, 6.45) is 8.28. The van der Waals surface area contributed by atoms with E-state index in [4.69, 9.17) is 14.3 Å². The molecule has 6 rings (SSSR count). The highest BCUT2D eigenvalue weighted by molar-refractivity contribution is 7.46. The van der Waals surface area contributed by atoms with Crippen molar-refractivity contribution in [1.29, 1.82) is 0 Å². The van der Waals surface area contributed by atoms with Gasteiger partial charge in [-0.15, -0.1) is 0 Å². The molecule has 6 aliphatic rings. The molecule has 5 saturated carbocycles. The number of rotatable bonds is 9. The molecule has 0 aromatic carbocycles. The Hall–Kier alpha value is -1.03. The van der Waals surface area contributed by atoms with Gasteiger partial charge in [-0.3, -0.25) is 14.1 Å². The second-order valence-corrected chi connectivity index (χ2v) is 13.2. The van der Waals surface area contributed by atoms with E-state index >= 15 is 0 Å². The molecule has 4 N–H and O–H groups in total. The highest BCUT2D eigenvalue weighted by Gasteiger charge is 2.76. The highest BCUT2D eigenvalue weighted by Crippen LogP contribution is 2.70. The Morgan fingerprint density at radius 1 is 0.943 bits per heavy atom. The van der Waals surface area contributed by atoms with E-state index < -0.39 is 42.5 Å². The summed E-state index contributed by atoms with van der Waals surface area (Å²) in [5, 5.41) is 19.2. The monoisotopic (exact) mass is 516 g/mol. The van der Waals surface area contributed by atoms with Gasteiger partial charge >= 0.3 is 19.8 Å². The second kappa shape index (κ2) is 8.77. The first-order valence-corrected chi connectivity index (χ1v) is 14.5. The number of carbonyl (C=O) groups is 2. The van der Waals surface area contributed by atoms with Crippen molar-refractivity contribution in [2.45, 2.75) is 101 Å². The van der Waals surface area contributed by atoms with Crippen molar-refractivity contribution in [1.82, 2.24) is 0 Å². The van der Waals surface area contributed by atoms with Crippen molar-refractivity contribution < 1.29 is 48.5 Å². The molecule has 10 nitrogen and oxygen atoms in total. The van der Waals surface area contributed by atoms with Crippen molar-refractivity contribution in [3.05, 3.63) is 0 Å². The highest BCUT2D eigenvalue weighted by atomic mass is 31.2. The lowest BCUT2D eigenvalue weighted by Gasteiger charge is -2.72. The van der Waals surface area contributed by atoms with Crippen molar-refractivity contribution >= 4 is 19.8 Å². The minimum Gasteiger partial charge on any atom is -0.480 e. The molecule has 0 aromatic rings. The molecule has 3 unspecified atom stereocenters. The number of phosphoric acid groups is 1. The van der Waals surface area contributed by atoms with Gasteiger partial charge in [-0.2, -0.15) is 0 Å². The van der Waals surface area contributed by atoms with E-state index in [9.17, 15) is 34.2 Å². The fourth-order valence-electron chi connectivity index (χ4n) is 8.65. The van der Waals surface area contributed by atoms with Gasteiger partial charge in [-0.1, -0.05) is 6.42 Å². The van der Waals surface area contributed by atoms with E-state index in [0.29, 0.717) is 49.4 Å². The maximum atomic E-state index is 11.7. The maximum Gasteiger partial charge on any atom is 0.469 e. The van der Waals surface area contributed by atoms with E-state index in [0.717, 1.165) is 38.5 Å². The summed E-state index contributed by atoms with van der Waals surface area (Å²) in [4.78, 5) is 54.5. The third-order valence-corrected chi connectivity index (χ3v) is 10.7. The Balaban J connectivity index is 1.43. The van der Waals surface area contributed by atoms with Crippen molar-refractivity contribution in [2.75, 3.05) is 0 Å². The van der Waals surface area contributed by atoms with Crippen LogP contribution in [0.5, 0.6) is 0 Å². The van der Waals surface area contributed by atoms with Crippen LogP contribution in [0.25, 0.3) is 0 Å². The second-order valence-electron chi connectivity index (χ2n) is 12.0. The van der Waals surface area contributed by atoms with Gasteiger partial charge in [0.15, 0.2) is 5.41 Å². The average molecular weight is 517 g/mol. The summed E-state index contributed by atoms with van der Waals surface area (Å²) in [5.41, 5.74) is -3.12. The van der Waals surface area contributed by atoms with E-state index in [1.165, 1.54) is 13.3 Å². The number of aliphatic carboxylic acids is 2. The number of hydrogen-bond donors (Lipinski definition) is 4. The quantitative estimate of drug-likeness (QED) is 0.201. The summed E-state index contributed by atoms with van der Waals surface area (Å²) >= 11 is 0. The summed E-state index contributed by atoms with van der Waals surface area (Å²) in [7, 11) is -4.63. The molecule has 1 spiro atoms. The van der Waals surface area contributed by atoms with Crippen molar-refractivity contribution in [3.63, 3.8) is 0 Å². The molecule has 0 aromatic heterocycles. The Morgan fingerprint density at radius 3 is 2.03 bits per heavy atom. The standard InChI is InChI=1S/C24H37O10P/c1-22(20(25)26,21(27)28)6-3-7-23(16-4-2-5-19(13-16)32-35(29,30)31)24(34-33-23)17-9-14-8-15(11-17)12-18(24)10-14/h14-19H,2-13H2,1H3,(H,25,26)(H,27,28)(H2,29,30,31). The van der Waals surface area contributed by atoms with Crippen LogP contribution < -0.4 is 0 Å². The van der Waals surface area contributed by atoms with E-state index in [1.807, 2.05) is 0 Å². The molecule has 5 aliphatic carbocycles. The lowest BCUT2D eigenvalue weighted by atomic mass is 9.43. The van der Waals surface area contributed by atoms with Crippen LogP contribution in [0.4, 0.5) is 0 Å². The molecular weight excluding hydrogens is 479 g/mol. The van der Waals surface area contributed by atoms with Gasteiger partial charge < -0.3 is 20.0 Å². The lowest BCUT2D eigenvalue weighted by Crippen LogP contribution is -2.80. The Morgan fingerprint density at radius 2 is 1.54 bits per heavy atom. The fourth-order valence-corrected chi connectivity index (χ4v) is 9.23. The summed E-state index contributed by atoms with van der Waals surface area (Å²) in [5.74, 6) is -0.723. The number of phosphoric ester groups is 1. The first-order valence-electron chi connectivity index (χ1n) is 13.0. The van der Waals surface area contributed by atoms with Crippen molar-refractivity contribution in [2.24, 2.45) is 35.0 Å². The van der Waals surface area contributed by atoms with Gasteiger partial charge in [0.25, 0.3) is 0 Å². The average Bonchev–Trinajstić information content (AvgIpc) is 2.74. The summed E-state index contributed by atoms with van der Waals surface area (Å²) in [6.45, 7) is 1.24. The van der Waals surface area contributed by atoms with Crippen LogP contribution in [0.15, 0.2) is 0 Å². The van der Waals surface area contributed by atoms with Crippen molar-refractivity contribution in [3.8, 4) is 0 Å². The SMILES string of the molecule is CC(CCCC1(C2CCCC(OP(=O)(O)O)C2)OOC12C1CC3CC(C1)CC2C3)(C(=O)O)C(=O)O. The molecular formula is C24H37O10P. The molecule has 1 aliphatic heterocycles. The number of carboxylic acids is 2. The fraction of sp³-hybridized carbons (Fsp3) is 0.917.